The van der Waals surface area contributed by atoms with Crippen molar-refractivity contribution < 1.29 is 4.79 Å². The maximum Gasteiger partial charge on any atom is 0.256 e. The molecule has 4 aromatic rings. The normalized spacial score (nSPS) is 12.2. The van der Waals surface area contributed by atoms with Crippen molar-refractivity contribution in [3.8, 4) is 11.3 Å². The molecule has 4 rings (SSSR count). The molecule has 6 heteroatoms. The smallest absolute Gasteiger partial charge is 0.256 e. The number of hydrogen-bond donors (Lipinski definition) is 1. The average molecular weight is 428 g/mol. The average Bonchev–Trinajstić information content (AvgIpc) is 3.15. The molecular weight excluding hydrogens is 398 g/mol. The van der Waals surface area contributed by atoms with Gasteiger partial charge in [-0.3, -0.25) is 4.79 Å². The molecule has 0 aliphatic rings. The Morgan fingerprint density at radius 3 is 2.12 bits per heavy atom. The number of carbonyl (C=O) groups is 1. The van der Waals surface area contributed by atoms with Gasteiger partial charge in [-0.1, -0.05) is 63.2 Å². The lowest BCUT2D eigenvalue weighted by Crippen LogP contribution is -2.23. The molecule has 6 nitrogen and oxygen atoms in total. The van der Waals surface area contributed by atoms with Crippen LogP contribution in [-0.4, -0.2) is 25.7 Å². The molecule has 2 aromatic heterocycles. The van der Waals surface area contributed by atoms with Crippen LogP contribution in [0.4, 0.5) is 5.82 Å². The zero-order chi connectivity index (χ0) is 23.1. The maximum atomic E-state index is 13.1. The molecule has 0 unspecified atom stereocenters. The van der Waals surface area contributed by atoms with Gasteiger partial charge in [-0.25, -0.2) is 14.6 Å². The predicted molar refractivity (Wildman–Crippen MR) is 129 cm³/mol. The highest BCUT2D eigenvalue weighted by molar-refractivity contribution is 6.10. The van der Waals surface area contributed by atoms with E-state index in [1.165, 1.54) is 11.9 Å². The van der Waals surface area contributed by atoms with Crippen LogP contribution in [0, 0.1) is 0 Å². The third-order valence-corrected chi connectivity index (χ3v) is 5.39. The van der Waals surface area contributed by atoms with E-state index in [0.717, 1.165) is 16.6 Å². The summed E-state index contributed by atoms with van der Waals surface area (Å²) in [6, 6.07) is 17.6. The van der Waals surface area contributed by atoms with Gasteiger partial charge in [0, 0.05) is 11.1 Å². The van der Waals surface area contributed by atoms with Crippen LogP contribution in [0.25, 0.3) is 22.3 Å². The van der Waals surface area contributed by atoms with Crippen LogP contribution in [0.15, 0.2) is 60.9 Å². The van der Waals surface area contributed by atoms with Gasteiger partial charge >= 0.3 is 0 Å². The Bertz CT molecular complexity index is 1260. The number of nitrogens with one attached hydrogen (secondary N) is 1. The van der Waals surface area contributed by atoms with E-state index in [1.807, 2.05) is 59.3 Å². The van der Waals surface area contributed by atoms with Gasteiger partial charge in [0.2, 0.25) is 0 Å². The van der Waals surface area contributed by atoms with Crippen LogP contribution in [0.5, 0.6) is 0 Å². The molecular formula is C26H29N5O. The van der Waals surface area contributed by atoms with Gasteiger partial charge in [0.05, 0.1) is 10.9 Å². The van der Waals surface area contributed by atoms with E-state index in [9.17, 15) is 4.79 Å². The van der Waals surface area contributed by atoms with Gasteiger partial charge in [-0.05, 0) is 43.9 Å². The Hall–Kier alpha value is -3.54. The Kier molecular flexibility index (Phi) is 5.33. The molecule has 0 spiro atoms. The summed E-state index contributed by atoms with van der Waals surface area (Å²) in [5.74, 6) is 0.238. The molecule has 1 amide bonds. The zero-order valence-electron chi connectivity index (χ0n) is 19.5. The number of anilines is 1. The lowest BCUT2D eigenvalue weighted by Gasteiger charge is -2.19. The summed E-state index contributed by atoms with van der Waals surface area (Å²) in [5, 5.41) is 8.59. The Morgan fingerprint density at radius 2 is 1.53 bits per heavy atom. The first kappa shape index (κ1) is 21.7. The van der Waals surface area contributed by atoms with E-state index in [4.69, 9.17) is 5.10 Å². The standard InChI is InChI=1S/C26H29N5O/c1-25(2,3)19-14-12-18(13-15-19)24(32)29-22-20-21(17-10-8-7-9-11-17)30-31(26(4,5)6)23(20)28-16-27-22/h7-16H,1-6H3,(H,27,28,29,32). The molecule has 164 valence electrons. The molecule has 0 saturated carbocycles. The second-order valence-electron chi connectivity index (χ2n) is 10.00. The molecule has 0 bridgehead atoms. The lowest BCUT2D eigenvalue weighted by molar-refractivity contribution is 0.102. The van der Waals surface area contributed by atoms with Gasteiger partial charge in [0.15, 0.2) is 5.65 Å². The highest BCUT2D eigenvalue weighted by Gasteiger charge is 2.25. The van der Waals surface area contributed by atoms with Crippen molar-refractivity contribution in [2.45, 2.75) is 52.5 Å². The topological polar surface area (TPSA) is 72.7 Å². The zero-order valence-corrected chi connectivity index (χ0v) is 19.5. The van der Waals surface area contributed by atoms with Crippen molar-refractivity contribution in [3.05, 3.63) is 72.1 Å². The van der Waals surface area contributed by atoms with Crippen LogP contribution in [0.1, 0.15) is 57.5 Å². The Morgan fingerprint density at radius 1 is 0.875 bits per heavy atom. The van der Waals surface area contributed by atoms with E-state index in [2.05, 4.69) is 56.8 Å². The number of nitrogens with zero attached hydrogens (tertiary/aromatic N) is 4. The fourth-order valence-corrected chi connectivity index (χ4v) is 3.61. The monoisotopic (exact) mass is 427 g/mol. The third kappa shape index (κ3) is 4.13. The number of fused-ring (bicyclic) bond motifs is 1. The van der Waals surface area contributed by atoms with Gasteiger partial charge < -0.3 is 5.32 Å². The third-order valence-electron chi connectivity index (χ3n) is 5.39. The van der Waals surface area contributed by atoms with Gasteiger partial charge in [0.1, 0.15) is 17.8 Å². The number of benzene rings is 2. The van der Waals surface area contributed by atoms with Crippen molar-refractivity contribution in [1.82, 2.24) is 19.7 Å². The molecule has 0 atom stereocenters. The van der Waals surface area contributed by atoms with Crippen molar-refractivity contribution >= 4 is 22.8 Å². The first-order chi connectivity index (χ1) is 15.1. The Balaban J connectivity index is 1.79. The van der Waals surface area contributed by atoms with Crippen molar-refractivity contribution in [3.63, 3.8) is 0 Å². The van der Waals surface area contributed by atoms with Gasteiger partial charge in [0.25, 0.3) is 5.91 Å². The highest BCUT2D eigenvalue weighted by atomic mass is 16.1. The second kappa shape index (κ2) is 7.86. The summed E-state index contributed by atoms with van der Waals surface area (Å²) >= 11 is 0. The number of hydrogen-bond acceptors (Lipinski definition) is 4. The van der Waals surface area contributed by atoms with Crippen LogP contribution in [-0.2, 0) is 11.0 Å². The summed E-state index contributed by atoms with van der Waals surface area (Å²) in [4.78, 5) is 22.0. The molecule has 32 heavy (non-hydrogen) atoms. The molecule has 2 aromatic carbocycles. The maximum absolute atomic E-state index is 13.1. The molecule has 0 fully saturated rings. The summed E-state index contributed by atoms with van der Waals surface area (Å²) in [5.41, 5.74) is 3.87. The first-order valence-electron chi connectivity index (χ1n) is 10.8. The number of amides is 1. The number of rotatable bonds is 3. The van der Waals surface area contributed by atoms with E-state index < -0.39 is 0 Å². The summed E-state index contributed by atoms with van der Waals surface area (Å²) < 4.78 is 1.89. The lowest BCUT2D eigenvalue weighted by atomic mass is 9.87. The van der Waals surface area contributed by atoms with E-state index >= 15 is 0 Å². The summed E-state index contributed by atoms with van der Waals surface area (Å²) in [6.45, 7) is 12.7. The summed E-state index contributed by atoms with van der Waals surface area (Å²) in [6.07, 6.45) is 1.47. The SMILES string of the molecule is CC(C)(C)c1ccc(C(=O)Nc2ncnc3c2c(-c2ccccc2)nn3C(C)(C)C)cc1. The largest absolute Gasteiger partial charge is 0.306 e. The minimum Gasteiger partial charge on any atom is -0.306 e. The number of aromatic nitrogens is 4. The van der Waals surface area contributed by atoms with Crippen LogP contribution in [0.2, 0.25) is 0 Å². The van der Waals surface area contributed by atoms with Gasteiger partial charge in [-0.15, -0.1) is 0 Å². The van der Waals surface area contributed by atoms with E-state index in [-0.39, 0.29) is 16.9 Å². The second-order valence-corrected chi connectivity index (χ2v) is 10.00. The molecule has 0 aliphatic heterocycles. The first-order valence-corrected chi connectivity index (χ1v) is 10.8. The number of carbonyl (C=O) groups excluding carboxylic acids is 1. The minimum absolute atomic E-state index is 0.0277. The minimum atomic E-state index is -0.288. The molecule has 1 N–H and O–H groups in total. The molecule has 0 saturated heterocycles. The molecule has 0 radical (unpaired) electrons. The van der Waals surface area contributed by atoms with Gasteiger partial charge in [-0.2, -0.15) is 5.10 Å². The van der Waals surface area contributed by atoms with Crippen molar-refractivity contribution in [1.29, 1.82) is 0 Å². The fourth-order valence-electron chi connectivity index (χ4n) is 3.61. The fraction of sp³-hybridized carbons (Fsp3) is 0.308. The highest BCUT2D eigenvalue weighted by Crippen LogP contribution is 2.34. The Labute approximate surface area is 188 Å². The van der Waals surface area contributed by atoms with Crippen LogP contribution >= 0.6 is 0 Å². The quantitative estimate of drug-likeness (QED) is 0.449. The summed E-state index contributed by atoms with van der Waals surface area (Å²) in [7, 11) is 0. The van der Waals surface area contributed by atoms with E-state index in [0.29, 0.717) is 17.0 Å². The predicted octanol–water partition coefficient (Wildman–Crippen LogP) is 5.80. The van der Waals surface area contributed by atoms with E-state index in [1.54, 1.807) is 0 Å². The molecule has 2 heterocycles. The molecule has 0 aliphatic carbocycles. The van der Waals surface area contributed by atoms with Crippen LogP contribution in [0.3, 0.4) is 0 Å². The van der Waals surface area contributed by atoms with Crippen molar-refractivity contribution in [2.75, 3.05) is 5.32 Å². The van der Waals surface area contributed by atoms with Crippen LogP contribution < -0.4 is 5.32 Å². The van der Waals surface area contributed by atoms with Crippen molar-refractivity contribution in [2.24, 2.45) is 0 Å².